The second kappa shape index (κ2) is 4.37. The molecule has 1 N–H and O–H groups in total. The number of aliphatic hydroxyl groups excluding tert-OH is 1. The van der Waals surface area contributed by atoms with Gasteiger partial charge in [0.25, 0.3) is 0 Å². The van der Waals surface area contributed by atoms with Crippen molar-refractivity contribution in [2.45, 2.75) is 53.1 Å². The summed E-state index contributed by atoms with van der Waals surface area (Å²) in [5.74, 6) is 1.63. The highest BCUT2D eigenvalue weighted by molar-refractivity contribution is 5.27. The summed E-state index contributed by atoms with van der Waals surface area (Å²) in [5.41, 5.74) is 4.41. The Bertz CT molecular complexity index is 333. The highest BCUT2D eigenvalue weighted by atomic mass is 16.3. The second-order valence-corrected chi connectivity index (χ2v) is 5.93. The van der Waals surface area contributed by atoms with Gasteiger partial charge < -0.3 is 5.11 Å². The van der Waals surface area contributed by atoms with E-state index < -0.39 is 0 Å². The Morgan fingerprint density at radius 2 is 2.06 bits per heavy atom. The zero-order chi connectivity index (χ0) is 11.9. The van der Waals surface area contributed by atoms with Gasteiger partial charge in [-0.2, -0.15) is 0 Å². The first-order chi connectivity index (χ1) is 7.50. The standard InChI is InChI=1S/C15H24O/c1-9(2)12-6-5-11(4)15-13(12)7-10(3)8-14(15)16/h7,11,13-16H,5-6,8H2,1-4H3/t11-,13-,14-,15+/m1/s1. The number of allylic oxidation sites excluding steroid dienone is 3. The molecule has 2 rings (SSSR count). The van der Waals surface area contributed by atoms with Crippen LogP contribution in [0.25, 0.3) is 0 Å². The lowest BCUT2D eigenvalue weighted by atomic mass is 9.63. The maximum atomic E-state index is 10.3. The average molecular weight is 220 g/mol. The maximum Gasteiger partial charge on any atom is 0.0616 e. The van der Waals surface area contributed by atoms with E-state index in [2.05, 4.69) is 33.8 Å². The number of fused-ring (bicyclic) bond motifs is 1. The summed E-state index contributed by atoms with van der Waals surface area (Å²) in [5, 5.41) is 10.3. The molecule has 0 aromatic rings. The van der Waals surface area contributed by atoms with Gasteiger partial charge in [-0.1, -0.05) is 29.7 Å². The Hall–Kier alpha value is -0.560. The number of rotatable bonds is 0. The topological polar surface area (TPSA) is 20.2 Å². The zero-order valence-corrected chi connectivity index (χ0v) is 11.0. The SMILES string of the molecule is CC1=C[C@@H]2C(=C(C)C)CC[C@@H](C)[C@@H]2[C@H](O)C1. The lowest BCUT2D eigenvalue weighted by Crippen LogP contribution is -2.39. The van der Waals surface area contributed by atoms with Crippen LogP contribution in [0.3, 0.4) is 0 Å². The van der Waals surface area contributed by atoms with Gasteiger partial charge in [-0.3, -0.25) is 0 Å². The van der Waals surface area contributed by atoms with E-state index >= 15 is 0 Å². The third-order valence-electron chi connectivity index (χ3n) is 4.42. The van der Waals surface area contributed by atoms with Gasteiger partial charge in [0.15, 0.2) is 0 Å². The fraction of sp³-hybridized carbons (Fsp3) is 0.733. The van der Waals surface area contributed by atoms with E-state index in [-0.39, 0.29) is 6.10 Å². The summed E-state index contributed by atoms with van der Waals surface area (Å²) in [6.07, 6.45) is 5.63. The van der Waals surface area contributed by atoms with Crippen LogP contribution < -0.4 is 0 Å². The quantitative estimate of drug-likeness (QED) is 0.617. The van der Waals surface area contributed by atoms with Crippen molar-refractivity contribution in [1.82, 2.24) is 0 Å². The third kappa shape index (κ3) is 1.98. The minimum Gasteiger partial charge on any atom is -0.392 e. The predicted octanol–water partition coefficient (Wildman–Crippen LogP) is 3.70. The van der Waals surface area contributed by atoms with E-state index in [1.54, 1.807) is 5.57 Å². The normalized spacial score (nSPS) is 39.1. The number of hydrogen-bond donors (Lipinski definition) is 1. The molecule has 0 spiro atoms. The summed E-state index contributed by atoms with van der Waals surface area (Å²) < 4.78 is 0. The molecule has 1 nitrogen and oxygen atoms in total. The Balaban J connectivity index is 2.39. The van der Waals surface area contributed by atoms with E-state index in [0.29, 0.717) is 17.8 Å². The van der Waals surface area contributed by atoms with E-state index in [0.717, 1.165) is 6.42 Å². The summed E-state index contributed by atoms with van der Waals surface area (Å²) in [4.78, 5) is 0. The van der Waals surface area contributed by atoms with Gasteiger partial charge in [0.05, 0.1) is 6.10 Å². The number of aliphatic hydroxyl groups is 1. The smallest absolute Gasteiger partial charge is 0.0616 e. The van der Waals surface area contributed by atoms with Crippen molar-refractivity contribution in [2.75, 3.05) is 0 Å². The van der Waals surface area contributed by atoms with E-state index in [1.807, 2.05) is 0 Å². The molecule has 0 bridgehead atoms. The Morgan fingerprint density at radius 1 is 1.38 bits per heavy atom. The number of hydrogen-bond acceptors (Lipinski definition) is 1. The highest BCUT2D eigenvalue weighted by Crippen LogP contribution is 2.46. The molecule has 0 aromatic heterocycles. The second-order valence-electron chi connectivity index (χ2n) is 5.93. The van der Waals surface area contributed by atoms with Gasteiger partial charge in [-0.05, 0) is 51.9 Å². The van der Waals surface area contributed by atoms with Gasteiger partial charge in [0.2, 0.25) is 0 Å². The van der Waals surface area contributed by atoms with Crippen LogP contribution in [-0.2, 0) is 0 Å². The molecule has 1 saturated carbocycles. The predicted molar refractivity (Wildman–Crippen MR) is 68.1 cm³/mol. The van der Waals surface area contributed by atoms with Crippen molar-refractivity contribution in [3.05, 3.63) is 22.8 Å². The maximum absolute atomic E-state index is 10.3. The summed E-state index contributed by atoms with van der Waals surface area (Å²) >= 11 is 0. The molecular formula is C15H24O. The lowest BCUT2D eigenvalue weighted by molar-refractivity contribution is 0.0382. The minimum atomic E-state index is -0.125. The van der Waals surface area contributed by atoms with Crippen molar-refractivity contribution >= 4 is 0 Å². The van der Waals surface area contributed by atoms with Crippen LogP contribution in [0.4, 0.5) is 0 Å². The molecule has 0 aliphatic heterocycles. The molecule has 1 heteroatoms. The summed E-state index contributed by atoms with van der Waals surface area (Å²) in [6.45, 7) is 8.89. The molecule has 0 unspecified atom stereocenters. The van der Waals surface area contributed by atoms with Crippen LogP contribution >= 0.6 is 0 Å². The van der Waals surface area contributed by atoms with Gasteiger partial charge in [0.1, 0.15) is 0 Å². The van der Waals surface area contributed by atoms with Crippen molar-refractivity contribution in [3.8, 4) is 0 Å². The molecule has 0 amide bonds. The van der Waals surface area contributed by atoms with Crippen LogP contribution in [0.1, 0.15) is 47.0 Å². The molecule has 0 aromatic carbocycles. The lowest BCUT2D eigenvalue weighted by Gasteiger charge is -2.43. The van der Waals surface area contributed by atoms with Crippen molar-refractivity contribution in [3.63, 3.8) is 0 Å². The fourth-order valence-corrected chi connectivity index (χ4v) is 3.58. The zero-order valence-electron chi connectivity index (χ0n) is 11.0. The van der Waals surface area contributed by atoms with Crippen LogP contribution in [0.2, 0.25) is 0 Å². The molecule has 16 heavy (non-hydrogen) atoms. The Kier molecular flexibility index (Phi) is 3.25. The van der Waals surface area contributed by atoms with Crippen molar-refractivity contribution in [2.24, 2.45) is 17.8 Å². The molecule has 0 saturated heterocycles. The van der Waals surface area contributed by atoms with Crippen LogP contribution in [0, 0.1) is 17.8 Å². The first-order valence-electron chi connectivity index (χ1n) is 6.52. The molecule has 0 heterocycles. The Labute approximate surface area is 99.3 Å². The van der Waals surface area contributed by atoms with Crippen molar-refractivity contribution in [1.29, 1.82) is 0 Å². The van der Waals surface area contributed by atoms with Crippen molar-refractivity contribution < 1.29 is 5.11 Å². The van der Waals surface area contributed by atoms with E-state index in [4.69, 9.17) is 0 Å². The monoisotopic (exact) mass is 220 g/mol. The van der Waals surface area contributed by atoms with Crippen LogP contribution in [0.5, 0.6) is 0 Å². The summed E-state index contributed by atoms with van der Waals surface area (Å²) in [7, 11) is 0. The van der Waals surface area contributed by atoms with E-state index in [1.165, 1.54) is 24.0 Å². The molecular weight excluding hydrogens is 196 g/mol. The third-order valence-corrected chi connectivity index (χ3v) is 4.42. The highest BCUT2D eigenvalue weighted by Gasteiger charge is 2.39. The van der Waals surface area contributed by atoms with Gasteiger partial charge in [-0.25, -0.2) is 0 Å². The first kappa shape index (κ1) is 11.9. The first-order valence-corrected chi connectivity index (χ1v) is 6.52. The van der Waals surface area contributed by atoms with Gasteiger partial charge in [0, 0.05) is 5.92 Å². The average Bonchev–Trinajstić information content (AvgIpc) is 2.15. The van der Waals surface area contributed by atoms with Crippen LogP contribution in [-0.4, -0.2) is 11.2 Å². The molecule has 90 valence electrons. The fourth-order valence-electron chi connectivity index (χ4n) is 3.58. The molecule has 1 fully saturated rings. The van der Waals surface area contributed by atoms with E-state index in [9.17, 15) is 5.11 Å². The Morgan fingerprint density at radius 3 is 2.69 bits per heavy atom. The largest absolute Gasteiger partial charge is 0.392 e. The molecule has 2 aliphatic carbocycles. The minimum absolute atomic E-state index is 0.125. The van der Waals surface area contributed by atoms with Crippen LogP contribution in [0.15, 0.2) is 22.8 Å². The molecule has 0 radical (unpaired) electrons. The summed E-state index contributed by atoms with van der Waals surface area (Å²) in [6, 6.07) is 0. The molecule has 2 aliphatic rings. The van der Waals surface area contributed by atoms with Gasteiger partial charge in [-0.15, -0.1) is 0 Å². The van der Waals surface area contributed by atoms with Gasteiger partial charge >= 0.3 is 0 Å². The molecule has 4 atom stereocenters.